The maximum Gasteiger partial charge on any atom is 0.305 e. The highest BCUT2D eigenvalue weighted by Crippen LogP contribution is 2.15. The lowest BCUT2D eigenvalue weighted by atomic mass is 9.88. The van der Waals surface area contributed by atoms with Crippen molar-refractivity contribution in [2.24, 2.45) is 0 Å². The van der Waals surface area contributed by atoms with Crippen LogP contribution in [0, 0.1) is 0 Å². The lowest BCUT2D eigenvalue weighted by molar-refractivity contribution is -0.139. The van der Waals surface area contributed by atoms with Gasteiger partial charge in [-0.3, -0.25) is 4.79 Å². The van der Waals surface area contributed by atoms with E-state index in [4.69, 9.17) is 5.11 Å². The zero-order valence-electron chi connectivity index (χ0n) is 10.1. The smallest absolute Gasteiger partial charge is 0.305 e. The average Bonchev–Trinajstić information content (AvgIpc) is 2.26. The maximum atomic E-state index is 10.8. The molecule has 0 unspecified atom stereocenters. The first-order chi connectivity index (χ1) is 8.20. The van der Waals surface area contributed by atoms with Crippen molar-refractivity contribution < 1.29 is 9.90 Å². The van der Waals surface area contributed by atoms with Crippen LogP contribution in [0.1, 0.15) is 6.42 Å². The molecule has 5 nitrogen and oxygen atoms in total. The number of nitrogens with zero attached hydrogens (tertiary/aromatic N) is 1. The van der Waals surface area contributed by atoms with Crippen LogP contribution in [0.4, 0.5) is 0 Å². The van der Waals surface area contributed by atoms with E-state index >= 15 is 0 Å². The van der Waals surface area contributed by atoms with E-state index in [9.17, 15) is 4.79 Å². The molecule has 0 atom stereocenters. The number of nitrogens with one attached hydrogen (secondary N) is 2. The number of hydrogen-bond acceptors (Lipinski definition) is 5. The summed E-state index contributed by atoms with van der Waals surface area (Å²) < 4.78 is 0. The summed E-state index contributed by atoms with van der Waals surface area (Å²) in [6, 6.07) is 0. The van der Waals surface area contributed by atoms with Crippen LogP contribution >= 0.6 is 11.8 Å². The van der Waals surface area contributed by atoms with Gasteiger partial charge in [0.05, 0.1) is 12.0 Å². The minimum atomic E-state index is -0.714. The Morgan fingerprint density at radius 1 is 1.41 bits per heavy atom. The van der Waals surface area contributed by atoms with Crippen LogP contribution in [0.3, 0.4) is 0 Å². The molecule has 0 saturated carbocycles. The summed E-state index contributed by atoms with van der Waals surface area (Å²) in [5, 5.41) is 15.5. The lowest BCUT2D eigenvalue weighted by Gasteiger charge is -2.43. The molecule has 2 heterocycles. The zero-order chi connectivity index (χ0) is 12.1. The van der Waals surface area contributed by atoms with E-state index in [1.807, 2.05) is 11.8 Å². The summed E-state index contributed by atoms with van der Waals surface area (Å²) in [7, 11) is 0. The third-order valence-electron chi connectivity index (χ3n) is 3.45. The summed E-state index contributed by atoms with van der Waals surface area (Å²) in [5.74, 6) is 1.73. The third-order valence-corrected chi connectivity index (χ3v) is 4.39. The van der Waals surface area contributed by atoms with E-state index in [1.54, 1.807) is 0 Å². The fraction of sp³-hybridized carbons (Fsp3) is 0.909. The van der Waals surface area contributed by atoms with E-state index in [0.29, 0.717) is 0 Å². The average molecular weight is 259 g/mol. The molecule has 98 valence electrons. The number of rotatable bonds is 6. The Kier molecular flexibility index (Phi) is 4.67. The van der Waals surface area contributed by atoms with Gasteiger partial charge in [-0.25, -0.2) is 0 Å². The number of carboxylic acid groups (broad SMARTS) is 1. The summed E-state index contributed by atoms with van der Waals surface area (Å²) in [5.41, 5.74) is -0.198. The fourth-order valence-electron chi connectivity index (χ4n) is 2.33. The monoisotopic (exact) mass is 259 g/mol. The van der Waals surface area contributed by atoms with Gasteiger partial charge >= 0.3 is 5.97 Å². The fourth-order valence-corrected chi connectivity index (χ4v) is 3.31. The first kappa shape index (κ1) is 13.1. The van der Waals surface area contributed by atoms with Gasteiger partial charge in [0.25, 0.3) is 0 Å². The molecule has 0 aromatic heterocycles. The van der Waals surface area contributed by atoms with Gasteiger partial charge < -0.3 is 20.6 Å². The molecule has 0 aliphatic carbocycles. The van der Waals surface area contributed by atoms with E-state index in [0.717, 1.165) is 39.3 Å². The summed E-state index contributed by atoms with van der Waals surface area (Å²) in [4.78, 5) is 13.2. The highest BCUT2D eigenvalue weighted by molar-refractivity contribution is 7.99. The molecule has 0 aromatic carbocycles. The van der Waals surface area contributed by atoms with Crippen molar-refractivity contribution in [2.75, 3.05) is 50.8 Å². The molecule has 6 heteroatoms. The minimum Gasteiger partial charge on any atom is -0.481 e. The van der Waals surface area contributed by atoms with E-state index in [-0.39, 0.29) is 12.0 Å². The SMILES string of the molecule is O=C(O)CC1(NCCN2CCSCC2)CNC1. The molecule has 0 radical (unpaired) electrons. The molecule has 2 rings (SSSR count). The standard InChI is InChI=1S/C11H21N3O2S/c15-10(16)7-11(8-12-9-11)13-1-2-14-3-5-17-6-4-14/h12-13H,1-9H2,(H,15,16). The van der Waals surface area contributed by atoms with Gasteiger partial charge in [0, 0.05) is 50.8 Å². The maximum absolute atomic E-state index is 10.8. The van der Waals surface area contributed by atoms with Crippen molar-refractivity contribution >= 4 is 17.7 Å². The first-order valence-electron chi connectivity index (χ1n) is 6.18. The van der Waals surface area contributed by atoms with Crippen LogP contribution in [0.5, 0.6) is 0 Å². The predicted octanol–water partition coefficient (Wildman–Crippen LogP) is -0.558. The lowest BCUT2D eigenvalue weighted by Crippen LogP contribution is -2.69. The molecule has 3 N–H and O–H groups in total. The Hall–Kier alpha value is -0.300. The molecule has 2 aliphatic rings. The second kappa shape index (κ2) is 6.04. The minimum absolute atomic E-state index is 0.198. The Morgan fingerprint density at radius 3 is 2.65 bits per heavy atom. The summed E-state index contributed by atoms with van der Waals surface area (Å²) >= 11 is 2.01. The van der Waals surface area contributed by atoms with E-state index in [2.05, 4.69) is 15.5 Å². The van der Waals surface area contributed by atoms with Gasteiger partial charge in [-0.15, -0.1) is 0 Å². The molecular formula is C11H21N3O2S. The normalized spacial score (nSPS) is 24.2. The van der Waals surface area contributed by atoms with Crippen LogP contribution in [0.15, 0.2) is 0 Å². The van der Waals surface area contributed by atoms with E-state index < -0.39 is 5.97 Å². The van der Waals surface area contributed by atoms with Gasteiger partial charge in [-0.05, 0) is 0 Å². The number of carbonyl (C=O) groups is 1. The molecule has 2 saturated heterocycles. The third kappa shape index (κ3) is 3.84. The largest absolute Gasteiger partial charge is 0.481 e. The summed E-state index contributed by atoms with van der Waals surface area (Å²) in [6.45, 7) is 5.79. The number of thioether (sulfide) groups is 1. The molecule has 0 spiro atoms. The van der Waals surface area contributed by atoms with Gasteiger partial charge in [0.2, 0.25) is 0 Å². The molecule has 17 heavy (non-hydrogen) atoms. The van der Waals surface area contributed by atoms with Crippen molar-refractivity contribution in [1.29, 1.82) is 0 Å². The van der Waals surface area contributed by atoms with Crippen molar-refractivity contribution in [2.45, 2.75) is 12.0 Å². The molecule has 2 fully saturated rings. The molecule has 0 bridgehead atoms. The van der Waals surface area contributed by atoms with Crippen molar-refractivity contribution in [3.05, 3.63) is 0 Å². The summed E-state index contributed by atoms with van der Waals surface area (Å²) in [6.07, 6.45) is 0.218. The van der Waals surface area contributed by atoms with Crippen LogP contribution in [0.2, 0.25) is 0 Å². The molecule has 0 aromatic rings. The Morgan fingerprint density at radius 2 is 2.12 bits per heavy atom. The number of aliphatic carboxylic acids is 1. The van der Waals surface area contributed by atoms with Crippen LogP contribution < -0.4 is 10.6 Å². The van der Waals surface area contributed by atoms with Gasteiger partial charge in [-0.1, -0.05) is 0 Å². The number of hydrogen-bond donors (Lipinski definition) is 3. The van der Waals surface area contributed by atoms with Crippen molar-refractivity contribution in [1.82, 2.24) is 15.5 Å². The first-order valence-corrected chi connectivity index (χ1v) is 7.33. The van der Waals surface area contributed by atoms with Gasteiger partial charge in [0.1, 0.15) is 0 Å². The Labute approximate surface area is 106 Å². The van der Waals surface area contributed by atoms with Crippen molar-refractivity contribution in [3.8, 4) is 0 Å². The van der Waals surface area contributed by atoms with Crippen LogP contribution in [-0.2, 0) is 4.79 Å². The van der Waals surface area contributed by atoms with Gasteiger partial charge in [-0.2, -0.15) is 11.8 Å². The van der Waals surface area contributed by atoms with E-state index in [1.165, 1.54) is 11.5 Å². The topological polar surface area (TPSA) is 64.6 Å². The second-order valence-corrected chi connectivity index (χ2v) is 6.06. The predicted molar refractivity (Wildman–Crippen MR) is 69.6 cm³/mol. The van der Waals surface area contributed by atoms with Crippen molar-refractivity contribution in [3.63, 3.8) is 0 Å². The zero-order valence-corrected chi connectivity index (χ0v) is 10.9. The highest BCUT2D eigenvalue weighted by Gasteiger charge is 2.38. The molecule has 0 amide bonds. The Balaban J connectivity index is 1.67. The van der Waals surface area contributed by atoms with Crippen LogP contribution in [0.25, 0.3) is 0 Å². The van der Waals surface area contributed by atoms with Crippen LogP contribution in [-0.4, -0.2) is 72.3 Å². The second-order valence-electron chi connectivity index (χ2n) is 4.84. The van der Waals surface area contributed by atoms with Gasteiger partial charge in [0.15, 0.2) is 0 Å². The molecule has 2 aliphatic heterocycles. The Bertz CT molecular complexity index is 265. The number of carboxylic acids is 1. The molecular weight excluding hydrogens is 238 g/mol. The quantitative estimate of drug-likeness (QED) is 0.594. The highest BCUT2D eigenvalue weighted by atomic mass is 32.2.